The van der Waals surface area contributed by atoms with E-state index in [4.69, 9.17) is 4.84 Å². The molecule has 2 fully saturated rings. The first-order valence-electron chi connectivity index (χ1n) is 9.11. The number of hydrogen-bond donors (Lipinski definition) is 1. The van der Waals surface area contributed by atoms with Crippen LogP contribution in [-0.4, -0.2) is 59.4 Å². The number of amides is 1. The number of nitrogens with zero attached hydrogens (tertiary/aromatic N) is 2. The van der Waals surface area contributed by atoms with Crippen LogP contribution in [0.2, 0.25) is 0 Å². The molecule has 1 unspecified atom stereocenters. The third-order valence-electron chi connectivity index (χ3n) is 4.95. The molecular weight excluding hydrogens is 304 g/mol. The minimum atomic E-state index is -1.29. The Morgan fingerprint density at radius 3 is 2.71 bits per heavy atom. The normalized spacial score (nSPS) is 25.9. The first-order chi connectivity index (χ1) is 11.7. The number of likely N-dealkylation sites (tertiary alicyclic amines) is 1. The van der Waals surface area contributed by atoms with Gasteiger partial charge in [-0.05, 0) is 44.1 Å². The van der Waals surface area contributed by atoms with Gasteiger partial charge in [-0.3, -0.25) is 9.63 Å². The van der Waals surface area contributed by atoms with E-state index in [9.17, 15) is 9.90 Å². The van der Waals surface area contributed by atoms with Crippen LogP contribution in [0.15, 0.2) is 30.3 Å². The topological polar surface area (TPSA) is 53.0 Å². The minimum absolute atomic E-state index is 0.129. The van der Waals surface area contributed by atoms with Gasteiger partial charge in [-0.1, -0.05) is 30.3 Å². The van der Waals surface area contributed by atoms with Gasteiger partial charge in [-0.2, -0.15) is 5.06 Å². The Bertz CT molecular complexity index is 531. The van der Waals surface area contributed by atoms with E-state index in [0.717, 1.165) is 45.2 Å². The number of carbonyl (C=O) groups is 1. The molecule has 2 heterocycles. The van der Waals surface area contributed by atoms with Gasteiger partial charge in [0, 0.05) is 19.6 Å². The molecule has 1 aromatic rings. The molecule has 1 N–H and O–H groups in total. The van der Waals surface area contributed by atoms with E-state index in [1.807, 2.05) is 23.1 Å². The average molecular weight is 332 g/mol. The number of aryl methyl sites for hydroxylation is 1. The van der Waals surface area contributed by atoms with Crippen molar-refractivity contribution in [1.29, 1.82) is 0 Å². The van der Waals surface area contributed by atoms with E-state index in [0.29, 0.717) is 26.1 Å². The first kappa shape index (κ1) is 17.4. The lowest BCUT2D eigenvalue weighted by Gasteiger charge is -2.41. The highest BCUT2D eigenvalue weighted by molar-refractivity contribution is 5.86. The molecule has 0 aromatic heterocycles. The van der Waals surface area contributed by atoms with Gasteiger partial charge in [0.1, 0.15) is 0 Å². The van der Waals surface area contributed by atoms with Gasteiger partial charge in [0.15, 0.2) is 5.60 Å². The largest absolute Gasteiger partial charge is 0.379 e. The predicted octanol–water partition coefficient (Wildman–Crippen LogP) is 2.00. The van der Waals surface area contributed by atoms with Gasteiger partial charge >= 0.3 is 0 Å². The molecule has 3 rings (SSSR count). The van der Waals surface area contributed by atoms with E-state index in [1.165, 1.54) is 5.56 Å². The molecule has 1 aromatic carbocycles. The molecule has 1 amide bonds. The monoisotopic (exact) mass is 332 g/mol. The van der Waals surface area contributed by atoms with E-state index in [1.54, 1.807) is 5.06 Å². The molecule has 0 spiro atoms. The molecule has 132 valence electrons. The Labute approximate surface area is 144 Å². The number of aliphatic hydroxyl groups is 1. The molecule has 0 radical (unpaired) electrons. The van der Waals surface area contributed by atoms with E-state index < -0.39 is 5.60 Å². The van der Waals surface area contributed by atoms with E-state index >= 15 is 0 Å². The van der Waals surface area contributed by atoms with Gasteiger partial charge in [0.05, 0.1) is 13.2 Å². The summed E-state index contributed by atoms with van der Waals surface area (Å²) in [6.07, 6.45) is 5.37. The Morgan fingerprint density at radius 2 is 1.96 bits per heavy atom. The number of piperidine rings is 1. The highest BCUT2D eigenvalue weighted by Gasteiger charge is 2.43. The fourth-order valence-electron chi connectivity index (χ4n) is 3.61. The summed E-state index contributed by atoms with van der Waals surface area (Å²) in [7, 11) is 0. The summed E-state index contributed by atoms with van der Waals surface area (Å²) < 4.78 is 0. The van der Waals surface area contributed by atoms with Gasteiger partial charge < -0.3 is 10.0 Å². The molecule has 2 aliphatic rings. The standard InChI is InChI=1S/C19H28N2O3/c22-18-19(23,16-21-14-4-5-15-24-21)11-7-13-20(18)12-6-10-17-8-2-1-3-9-17/h1-3,8-9,23H,4-7,10-16H2. The predicted molar refractivity (Wildman–Crippen MR) is 92.3 cm³/mol. The molecule has 0 saturated carbocycles. The fourth-order valence-corrected chi connectivity index (χ4v) is 3.61. The maximum Gasteiger partial charge on any atom is 0.255 e. The van der Waals surface area contributed by atoms with Crippen molar-refractivity contribution in [3.63, 3.8) is 0 Å². The number of hydroxylamine groups is 2. The van der Waals surface area contributed by atoms with Crippen molar-refractivity contribution in [3.05, 3.63) is 35.9 Å². The van der Waals surface area contributed by atoms with Crippen molar-refractivity contribution in [2.75, 3.05) is 32.8 Å². The summed E-state index contributed by atoms with van der Waals surface area (Å²) in [6.45, 7) is 3.23. The van der Waals surface area contributed by atoms with Crippen molar-refractivity contribution in [3.8, 4) is 0 Å². The van der Waals surface area contributed by atoms with Crippen LogP contribution in [-0.2, 0) is 16.1 Å². The molecular formula is C19H28N2O3. The summed E-state index contributed by atoms with van der Waals surface area (Å²) in [6, 6.07) is 10.3. The van der Waals surface area contributed by atoms with Gasteiger partial charge in [-0.15, -0.1) is 0 Å². The number of β-amino-alcohol motifs (C(OH)–C–C–N with tert-alkyl or cyclic N) is 1. The van der Waals surface area contributed by atoms with Crippen molar-refractivity contribution in [1.82, 2.24) is 9.96 Å². The summed E-state index contributed by atoms with van der Waals surface area (Å²) in [5.74, 6) is -0.129. The summed E-state index contributed by atoms with van der Waals surface area (Å²) in [4.78, 5) is 20.2. The molecule has 2 saturated heterocycles. The quantitative estimate of drug-likeness (QED) is 0.866. The highest BCUT2D eigenvalue weighted by atomic mass is 16.7. The third-order valence-corrected chi connectivity index (χ3v) is 4.95. The number of benzene rings is 1. The molecule has 5 nitrogen and oxygen atoms in total. The minimum Gasteiger partial charge on any atom is -0.379 e. The number of rotatable bonds is 6. The zero-order chi connectivity index (χ0) is 16.8. The van der Waals surface area contributed by atoms with Crippen molar-refractivity contribution < 1.29 is 14.7 Å². The van der Waals surface area contributed by atoms with Crippen LogP contribution >= 0.6 is 0 Å². The molecule has 5 heteroatoms. The second-order valence-electron chi connectivity index (χ2n) is 6.92. The lowest BCUT2D eigenvalue weighted by atomic mass is 9.91. The number of hydrogen-bond acceptors (Lipinski definition) is 4. The van der Waals surface area contributed by atoms with Crippen molar-refractivity contribution in [2.45, 2.75) is 44.1 Å². The Kier molecular flexibility index (Phi) is 5.87. The zero-order valence-corrected chi connectivity index (χ0v) is 14.3. The second kappa shape index (κ2) is 8.10. The maximum atomic E-state index is 12.8. The lowest BCUT2D eigenvalue weighted by Crippen LogP contribution is -2.59. The molecule has 0 bridgehead atoms. The van der Waals surface area contributed by atoms with Crippen LogP contribution in [0.25, 0.3) is 0 Å². The summed E-state index contributed by atoms with van der Waals surface area (Å²) >= 11 is 0. The highest BCUT2D eigenvalue weighted by Crippen LogP contribution is 2.25. The van der Waals surface area contributed by atoms with E-state index in [2.05, 4.69) is 12.1 Å². The van der Waals surface area contributed by atoms with Crippen LogP contribution in [0.4, 0.5) is 0 Å². The van der Waals surface area contributed by atoms with Gasteiger partial charge in [0.25, 0.3) is 5.91 Å². The van der Waals surface area contributed by atoms with Crippen LogP contribution < -0.4 is 0 Å². The average Bonchev–Trinajstić information content (AvgIpc) is 2.61. The van der Waals surface area contributed by atoms with Crippen LogP contribution in [0.5, 0.6) is 0 Å². The summed E-state index contributed by atoms with van der Waals surface area (Å²) in [5.41, 5.74) is 0.00133. The first-order valence-corrected chi connectivity index (χ1v) is 9.11. The number of carbonyl (C=O) groups excluding carboxylic acids is 1. The molecule has 24 heavy (non-hydrogen) atoms. The Hall–Kier alpha value is -1.43. The third kappa shape index (κ3) is 4.35. The lowest BCUT2D eigenvalue weighted by molar-refractivity contribution is -0.215. The van der Waals surface area contributed by atoms with Crippen LogP contribution in [0.1, 0.15) is 37.7 Å². The maximum absolute atomic E-state index is 12.8. The fraction of sp³-hybridized carbons (Fsp3) is 0.632. The van der Waals surface area contributed by atoms with Gasteiger partial charge in [0.2, 0.25) is 0 Å². The molecule has 1 atom stereocenters. The SMILES string of the molecule is O=C1N(CCCc2ccccc2)CCCC1(O)CN1CCCCO1. The Balaban J connectivity index is 1.51. The Morgan fingerprint density at radius 1 is 1.12 bits per heavy atom. The van der Waals surface area contributed by atoms with Crippen LogP contribution in [0, 0.1) is 0 Å². The zero-order valence-electron chi connectivity index (χ0n) is 14.3. The van der Waals surface area contributed by atoms with Crippen molar-refractivity contribution >= 4 is 5.91 Å². The molecule has 0 aliphatic carbocycles. The summed E-state index contributed by atoms with van der Waals surface area (Å²) in [5, 5.41) is 12.6. The van der Waals surface area contributed by atoms with Gasteiger partial charge in [-0.25, -0.2) is 0 Å². The smallest absolute Gasteiger partial charge is 0.255 e. The van der Waals surface area contributed by atoms with Crippen LogP contribution in [0.3, 0.4) is 0 Å². The van der Waals surface area contributed by atoms with E-state index in [-0.39, 0.29) is 5.91 Å². The molecule has 2 aliphatic heterocycles. The van der Waals surface area contributed by atoms with Crippen molar-refractivity contribution in [2.24, 2.45) is 0 Å². The second-order valence-corrected chi connectivity index (χ2v) is 6.92.